The molecule has 0 radical (unpaired) electrons. The van der Waals surface area contributed by atoms with Gasteiger partial charge < -0.3 is 10.6 Å². The zero-order valence-electron chi connectivity index (χ0n) is 6.34. The molecule has 1 fully saturated rings. The molecule has 0 aromatic heterocycles. The number of carbonyl (C=O) groups is 1. The van der Waals surface area contributed by atoms with E-state index in [1.165, 1.54) is 0 Å². The van der Waals surface area contributed by atoms with Crippen molar-refractivity contribution < 1.29 is 4.79 Å². The minimum Gasteiger partial charge on any atom is -0.320 e. The molecular weight excluding hydrogens is 128 g/mol. The van der Waals surface area contributed by atoms with Gasteiger partial charge in [-0.15, -0.1) is 0 Å². The summed E-state index contributed by atoms with van der Waals surface area (Å²) in [5, 5.41) is 0. The highest BCUT2D eigenvalue weighted by molar-refractivity contribution is 5.84. The Labute approximate surface area is 61.2 Å². The maximum absolute atomic E-state index is 11.0. The van der Waals surface area contributed by atoms with Crippen LogP contribution in [0.4, 0.5) is 0 Å². The lowest BCUT2D eigenvalue weighted by atomic mass is 10.1. The fourth-order valence-corrected chi connectivity index (χ4v) is 1.24. The van der Waals surface area contributed by atoms with Crippen LogP contribution in [0.15, 0.2) is 0 Å². The van der Waals surface area contributed by atoms with E-state index in [0.29, 0.717) is 6.42 Å². The van der Waals surface area contributed by atoms with E-state index in [9.17, 15) is 4.79 Å². The molecule has 3 heteroatoms. The summed E-state index contributed by atoms with van der Waals surface area (Å²) < 4.78 is 0. The van der Waals surface area contributed by atoms with Gasteiger partial charge in [0.1, 0.15) is 0 Å². The van der Waals surface area contributed by atoms with Gasteiger partial charge in [0.15, 0.2) is 5.78 Å². The molecule has 1 aliphatic rings. The molecule has 1 heterocycles. The molecule has 0 saturated carbocycles. The van der Waals surface area contributed by atoms with Crippen molar-refractivity contribution >= 4 is 5.78 Å². The van der Waals surface area contributed by atoms with Crippen LogP contribution in [0.3, 0.4) is 0 Å². The Bertz CT molecular complexity index is 136. The zero-order chi connectivity index (χ0) is 7.56. The van der Waals surface area contributed by atoms with Gasteiger partial charge in [-0.3, -0.25) is 4.79 Å². The lowest BCUT2D eigenvalue weighted by Gasteiger charge is -2.14. The molecule has 1 rings (SSSR count). The number of Topliss-reactive ketones (excluding diaryl/α,β-unsaturated/α-hetero) is 1. The Balaban J connectivity index is 2.49. The molecule has 10 heavy (non-hydrogen) atoms. The van der Waals surface area contributed by atoms with Crippen LogP contribution in [0.25, 0.3) is 0 Å². The van der Waals surface area contributed by atoms with E-state index in [1.54, 1.807) is 0 Å². The summed E-state index contributed by atoms with van der Waals surface area (Å²) in [6.45, 7) is 1.72. The van der Waals surface area contributed by atoms with Crippen LogP contribution >= 0.6 is 0 Å². The molecule has 0 aliphatic carbocycles. The normalized spacial score (nSPS) is 30.2. The molecule has 0 aromatic carbocycles. The molecule has 0 aromatic rings. The van der Waals surface area contributed by atoms with Crippen molar-refractivity contribution in [2.24, 2.45) is 5.73 Å². The Hall–Kier alpha value is -0.410. The van der Waals surface area contributed by atoms with Gasteiger partial charge >= 0.3 is 0 Å². The first-order valence-electron chi connectivity index (χ1n) is 3.67. The molecule has 0 spiro atoms. The minimum atomic E-state index is -0.243. The molecule has 0 bridgehead atoms. The first-order valence-corrected chi connectivity index (χ1v) is 3.67. The van der Waals surface area contributed by atoms with Crippen molar-refractivity contribution in [2.45, 2.75) is 18.9 Å². The second-order valence-electron chi connectivity index (χ2n) is 2.94. The highest BCUT2D eigenvalue weighted by atomic mass is 16.1. The van der Waals surface area contributed by atoms with E-state index >= 15 is 0 Å². The number of carbonyl (C=O) groups excluding carboxylic acids is 1. The standard InChI is InChI=1S/C7H14N2O/c1-9-4-2-3-7(10)6(8)5-9/h6H,2-5,8H2,1H3. The van der Waals surface area contributed by atoms with E-state index in [0.717, 1.165) is 19.5 Å². The van der Waals surface area contributed by atoms with Crippen LogP contribution in [0, 0.1) is 0 Å². The van der Waals surface area contributed by atoms with E-state index in [-0.39, 0.29) is 11.8 Å². The average Bonchev–Trinajstić information content (AvgIpc) is 1.96. The zero-order valence-corrected chi connectivity index (χ0v) is 6.34. The van der Waals surface area contributed by atoms with Gasteiger partial charge in [0, 0.05) is 13.0 Å². The number of ketones is 1. The van der Waals surface area contributed by atoms with E-state index < -0.39 is 0 Å². The van der Waals surface area contributed by atoms with E-state index in [2.05, 4.69) is 4.90 Å². The van der Waals surface area contributed by atoms with Gasteiger partial charge in [0.25, 0.3) is 0 Å². The summed E-state index contributed by atoms with van der Waals surface area (Å²) in [7, 11) is 2.00. The first kappa shape index (κ1) is 7.69. The summed E-state index contributed by atoms with van der Waals surface area (Å²) in [5.74, 6) is 0.212. The Morgan fingerprint density at radius 1 is 1.70 bits per heavy atom. The van der Waals surface area contributed by atoms with Gasteiger partial charge in [0.2, 0.25) is 0 Å². The molecular formula is C7H14N2O. The van der Waals surface area contributed by atoms with Gasteiger partial charge in [0.05, 0.1) is 6.04 Å². The number of rotatable bonds is 0. The predicted octanol–water partition coefficient (Wildman–Crippen LogP) is -0.392. The molecule has 1 unspecified atom stereocenters. The van der Waals surface area contributed by atoms with Gasteiger partial charge in [-0.1, -0.05) is 0 Å². The van der Waals surface area contributed by atoms with Crippen LogP contribution in [-0.2, 0) is 4.79 Å². The molecule has 58 valence electrons. The van der Waals surface area contributed by atoms with Crippen molar-refractivity contribution in [3.8, 4) is 0 Å². The van der Waals surface area contributed by atoms with Crippen LogP contribution < -0.4 is 5.73 Å². The number of nitrogens with zero attached hydrogens (tertiary/aromatic N) is 1. The first-order chi connectivity index (χ1) is 4.70. The van der Waals surface area contributed by atoms with Crippen molar-refractivity contribution in [2.75, 3.05) is 20.1 Å². The van der Waals surface area contributed by atoms with Crippen LogP contribution in [0.1, 0.15) is 12.8 Å². The fourth-order valence-electron chi connectivity index (χ4n) is 1.24. The highest BCUT2D eigenvalue weighted by Gasteiger charge is 2.18. The summed E-state index contributed by atoms with van der Waals surface area (Å²) in [4.78, 5) is 13.1. The number of nitrogens with two attached hydrogens (primary N) is 1. The third-order valence-corrected chi connectivity index (χ3v) is 1.88. The molecule has 1 saturated heterocycles. The predicted molar refractivity (Wildman–Crippen MR) is 39.7 cm³/mol. The number of hydrogen-bond acceptors (Lipinski definition) is 3. The number of hydrogen-bond donors (Lipinski definition) is 1. The molecule has 0 amide bonds. The Morgan fingerprint density at radius 2 is 2.40 bits per heavy atom. The van der Waals surface area contributed by atoms with E-state index in [1.807, 2.05) is 7.05 Å². The number of likely N-dealkylation sites (tertiary alicyclic amines) is 1. The second kappa shape index (κ2) is 3.12. The minimum absolute atomic E-state index is 0.212. The fraction of sp³-hybridized carbons (Fsp3) is 0.857. The average molecular weight is 142 g/mol. The third-order valence-electron chi connectivity index (χ3n) is 1.88. The summed E-state index contributed by atoms with van der Waals surface area (Å²) >= 11 is 0. The quantitative estimate of drug-likeness (QED) is 0.501. The molecule has 2 N–H and O–H groups in total. The van der Waals surface area contributed by atoms with Crippen molar-refractivity contribution in [3.05, 3.63) is 0 Å². The maximum atomic E-state index is 11.0. The van der Waals surface area contributed by atoms with Gasteiger partial charge in [-0.25, -0.2) is 0 Å². The van der Waals surface area contributed by atoms with Gasteiger partial charge in [-0.2, -0.15) is 0 Å². The van der Waals surface area contributed by atoms with Crippen molar-refractivity contribution in [1.29, 1.82) is 0 Å². The SMILES string of the molecule is CN1CCCC(=O)C(N)C1. The monoisotopic (exact) mass is 142 g/mol. The molecule has 1 aliphatic heterocycles. The third kappa shape index (κ3) is 1.78. The molecule has 3 nitrogen and oxygen atoms in total. The largest absolute Gasteiger partial charge is 0.320 e. The smallest absolute Gasteiger partial charge is 0.150 e. The Morgan fingerprint density at radius 3 is 3.10 bits per heavy atom. The topological polar surface area (TPSA) is 46.3 Å². The second-order valence-corrected chi connectivity index (χ2v) is 2.94. The van der Waals surface area contributed by atoms with Crippen LogP contribution in [0.5, 0.6) is 0 Å². The summed E-state index contributed by atoms with van der Waals surface area (Å²) in [5.41, 5.74) is 5.58. The highest BCUT2D eigenvalue weighted by Crippen LogP contribution is 2.03. The number of likely N-dealkylation sites (N-methyl/N-ethyl adjacent to an activating group) is 1. The van der Waals surface area contributed by atoms with Crippen LogP contribution in [0.2, 0.25) is 0 Å². The Kier molecular flexibility index (Phi) is 2.40. The lowest BCUT2D eigenvalue weighted by molar-refractivity contribution is -0.120. The maximum Gasteiger partial charge on any atom is 0.150 e. The lowest BCUT2D eigenvalue weighted by Crippen LogP contribution is -2.38. The van der Waals surface area contributed by atoms with E-state index in [4.69, 9.17) is 5.73 Å². The summed E-state index contributed by atoms with van der Waals surface area (Å²) in [6, 6.07) is -0.243. The van der Waals surface area contributed by atoms with Crippen LogP contribution in [-0.4, -0.2) is 36.9 Å². The van der Waals surface area contributed by atoms with Crippen molar-refractivity contribution in [1.82, 2.24) is 4.90 Å². The van der Waals surface area contributed by atoms with Crippen molar-refractivity contribution in [3.63, 3.8) is 0 Å². The molecule has 1 atom stereocenters. The summed E-state index contributed by atoms with van der Waals surface area (Å²) in [6.07, 6.45) is 1.62. The van der Waals surface area contributed by atoms with Gasteiger partial charge in [-0.05, 0) is 20.0 Å².